The van der Waals surface area contributed by atoms with Gasteiger partial charge < -0.3 is 25.2 Å². The Bertz CT molecular complexity index is 1010. The molecule has 0 spiro atoms. The van der Waals surface area contributed by atoms with Gasteiger partial charge in [-0.2, -0.15) is 5.10 Å². The maximum atomic E-state index is 13.2. The van der Waals surface area contributed by atoms with Gasteiger partial charge in [0.1, 0.15) is 17.6 Å². The molecule has 1 aliphatic heterocycles. The topological polar surface area (TPSA) is 117 Å². The predicted octanol–water partition coefficient (Wildman–Crippen LogP) is 2.44. The number of aromatic nitrogens is 2. The standard InChI is InChI=1S/C23H29ClN4O5/c1-3-15(2)10-19(23(32)25-21-8-9-27(26-21)12-16(30)14-29)28-13-17(11-22(28)31)33-20-7-5-4-6-18(20)24/h4-9,11,15-16,19,29-30H,3,10,12-14H2,1-2H3,(H,25,26,32)/t15-,16-,19+/m1/s1. The minimum absolute atomic E-state index is 0.0972. The van der Waals surface area contributed by atoms with Crippen LogP contribution in [-0.4, -0.2) is 62.0 Å². The van der Waals surface area contributed by atoms with Gasteiger partial charge in [0.2, 0.25) is 5.91 Å². The van der Waals surface area contributed by atoms with E-state index in [4.69, 9.17) is 21.4 Å². The number of amides is 2. The molecule has 0 radical (unpaired) electrons. The van der Waals surface area contributed by atoms with Crippen molar-refractivity contribution in [3.8, 4) is 5.75 Å². The first-order valence-corrected chi connectivity index (χ1v) is 11.2. The van der Waals surface area contributed by atoms with Crippen LogP contribution in [0.5, 0.6) is 5.75 Å². The lowest BCUT2D eigenvalue weighted by atomic mass is 9.97. The van der Waals surface area contributed by atoms with E-state index in [0.29, 0.717) is 28.8 Å². The molecule has 178 valence electrons. The van der Waals surface area contributed by atoms with Crippen LogP contribution in [0.3, 0.4) is 0 Å². The van der Waals surface area contributed by atoms with Gasteiger partial charge in [-0.05, 0) is 24.5 Å². The molecule has 3 atom stereocenters. The Morgan fingerprint density at radius 3 is 2.79 bits per heavy atom. The van der Waals surface area contributed by atoms with E-state index in [1.807, 2.05) is 13.8 Å². The van der Waals surface area contributed by atoms with E-state index in [2.05, 4.69) is 10.4 Å². The first-order valence-electron chi connectivity index (χ1n) is 10.9. The van der Waals surface area contributed by atoms with Gasteiger partial charge in [-0.25, -0.2) is 0 Å². The molecule has 33 heavy (non-hydrogen) atoms. The summed E-state index contributed by atoms with van der Waals surface area (Å²) in [7, 11) is 0. The van der Waals surface area contributed by atoms with Gasteiger partial charge in [0.15, 0.2) is 5.82 Å². The van der Waals surface area contributed by atoms with Crippen molar-refractivity contribution >= 4 is 29.2 Å². The largest absolute Gasteiger partial charge is 0.458 e. The summed E-state index contributed by atoms with van der Waals surface area (Å²) in [6.45, 7) is 3.92. The van der Waals surface area contributed by atoms with Crippen LogP contribution in [0.15, 0.2) is 48.4 Å². The number of nitrogens with zero attached hydrogens (tertiary/aromatic N) is 3. The second-order valence-corrected chi connectivity index (χ2v) is 8.53. The van der Waals surface area contributed by atoms with Crippen molar-refractivity contribution in [3.05, 3.63) is 53.4 Å². The Balaban J connectivity index is 1.71. The molecule has 0 aliphatic carbocycles. The maximum absolute atomic E-state index is 13.2. The third-order valence-corrected chi connectivity index (χ3v) is 5.79. The fourth-order valence-corrected chi connectivity index (χ4v) is 3.62. The molecule has 0 bridgehead atoms. The summed E-state index contributed by atoms with van der Waals surface area (Å²) >= 11 is 6.16. The highest BCUT2D eigenvalue weighted by Crippen LogP contribution is 2.28. The molecule has 2 heterocycles. The first-order chi connectivity index (χ1) is 15.8. The summed E-state index contributed by atoms with van der Waals surface area (Å²) < 4.78 is 7.24. The summed E-state index contributed by atoms with van der Waals surface area (Å²) in [6, 6.07) is 7.86. The molecule has 0 fully saturated rings. The zero-order valence-electron chi connectivity index (χ0n) is 18.6. The molecular weight excluding hydrogens is 448 g/mol. The lowest BCUT2D eigenvalue weighted by Crippen LogP contribution is -2.46. The van der Waals surface area contributed by atoms with Gasteiger partial charge in [-0.1, -0.05) is 44.0 Å². The second kappa shape index (κ2) is 11.3. The maximum Gasteiger partial charge on any atom is 0.251 e. The summed E-state index contributed by atoms with van der Waals surface area (Å²) in [5.41, 5.74) is 0. The molecule has 0 saturated carbocycles. The average molecular weight is 477 g/mol. The van der Waals surface area contributed by atoms with Gasteiger partial charge >= 0.3 is 0 Å². The van der Waals surface area contributed by atoms with E-state index in [1.54, 1.807) is 36.5 Å². The summed E-state index contributed by atoms with van der Waals surface area (Å²) in [5.74, 6) is 0.697. The van der Waals surface area contributed by atoms with Crippen molar-refractivity contribution < 1.29 is 24.5 Å². The smallest absolute Gasteiger partial charge is 0.251 e. The van der Waals surface area contributed by atoms with Crippen molar-refractivity contribution in [1.82, 2.24) is 14.7 Å². The van der Waals surface area contributed by atoms with Crippen LogP contribution < -0.4 is 10.1 Å². The minimum Gasteiger partial charge on any atom is -0.458 e. The number of carbonyl (C=O) groups is 2. The van der Waals surface area contributed by atoms with Crippen LogP contribution >= 0.6 is 11.6 Å². The van der Waals surface area contributed by atoms with Crippen LogP contribution in [0.4, 0.5) is 5.82 Å². The minimum atomic E-state index is -0.948. The Morgan fingerprint density at radius 2 is 2.09 bits per heavy atom. The molecule has 1 aromatic carbocycles. The number of hydrogen-bond acceptors (Lipinski definition) is 6. The molecular formula is C23H29ClN4O5. The third-order valence-electron chi connectivity index (χ3n) is 5.47. The fraction of sp³-hybridized carbons (Fsp3) is 0.435. The third kappa shape index (κ3) is 6.56. The number of aliphatic hydroxyl groups excluding tert-OH is 2. The second-order valence-electron chi connectivity index (χ2n) is 8.12. The van der Waals surface area contributed by atoms with Crippen LogP contribution in [0.1, 0.15) is 26.7 Å². The molecule has 1 aliphatic rings. The summed E-state index contributed by atoms with van der Waals surface area (Å²) in [4.78, 5) is 27.4. The van der Waals surface area contributed by atoms with E-state index in [9.17, 15) is 14.7 Å². The fourth-order valence-electron chi connectivity index (χ4n) is 3.44. The molecule has 10 heteroatoms. The first kappa shape index (κ1) is 24.8. The van der Waals surface area contributed by atoms with Gasteiger partial charge in [0.05, 0.1) is 30.8 Å². The van der Waals surface area contributed by atoms with Crippen molar-refractivity contribution in [2.24, 2.45) is 5.92 Å². The molecule has 1 aromatic heterocycles. The highest BCUT2D eigenvalue weighted by Gasteiger charge is 2.35. The van der Waals surface area contributed by atoms with E-state index < -0.39 is 12.1 Å². The number of ether oxygens (including phenoxy) is 1. The number of benzene rings is 1. The summed E-state index contributed by atoms with van der Waals surface area (Å²) in [6.07, 6.45) is 3.36. The SMILES string of the molecule is CC[C@@H](C)C[C@@H](C(=O)Nc1ccn(C[C@@H](O)CO)n1)N1CC(Oc2ccccc2Cl)=CC1=O. The van der Waals surface area contributed by atoms with Crippen molar-refractivity contribution in [2.75, 3.05) is 18.5 Å². The number of anilines is 1. The lowest BCUT2D eigenvalue weighted by Gasteiger charge is -2.28. The number of carbonyl (C=O) groups excluding carboxylic acids is 2. The normalized spacial score (nSPS) is 16.3. The molecule has 0 saturated heterocycles. The van der Waals surface area contributed by atoms with E-state index >= 15 is 0 Å². The lowest BCUT2D eigenvalue weighted by molar-refractivity contribution is -0.134. The Hall–Kier alpha value is -2.88. The molecule has 3 N–H and O–H groups in total. The number of nitrogens with one attached hydrogen (secondary N) is 1. The molecule has 2 amide bonds. The number of aliphatic hydroxyl groups is 2. The quantitative estimate of drug-likeness (QED) is 0.458. The highest BCUT2D eigenvalue weighted by atomic mass is 35.5. The van der Waals surface area contributed by atoms with E-state index in [0.717, 1.165) is 6.42 Å². The zero-order valence-corrected chi connectivity index (χ0v) is 19.4. The Labute approximate surface area is 197 Å². The molecule has 0 unspecified atom stereocenters. The number of rotatable bonds is 11. The van der Waals surface area contributed by atoms with Crippen molar-refractivity contribution in [3.63, 3.8) is 0 Å². The van der Waals surface area contributed by atoms with E-state index in [1.165, 1.54) is 15.7 Å². The summed E-state index contributed by atoms with van der Waals surface area (Å²) in [5, 5.41) is 25.9. The van der Waals surface area contributed by atoms with E-state index in [-0.39, 0.29) is 37.4 Å². The molecule has 2 aromatic rings. The number of hydrogen-bond donors (Lipinski definition) is 3. The van der Waals surface area contributed by atoms with Crippen LogP contribution in [0.2, 0.25) is 5.02 Å². The van der Waals surface area contributed by atoms with Gasteiger partial charge in [-0.3, -0.25) is 14.3 Å². The predicted molar refractivity (Wildman–Crippen MR) is 124 cm³/mol. The zero-order chi connectivity index (χ0) is 24.0. The monoisotopic (exact) mass is 476 g/mol. The average Bonchev–Trinajstić information content (AvgIpc) is 3.38. The van der Waals surface area contributed by atoms with Crippen LogP contribution in [0.25, 0.3) is 0 Å². The van der Waals surface area contributed by atoms with Crippen molar-refractivity contribution in [1.29, 1.82) is 0 Å². The van der Waals surface area contributed by atoms with Crippen LogP contribution in [-0.2, 0) is 16.1 Å². The van der Waals surface area contributed by atoms with Gasteiger partial charge in [0.25, 0.3) is 5.91 Å². The number of para-hydroxylation sites is 1. The van der Waals surface area contributed by atoms with Gasteiger partial charge in [0, 0.05) is 18.3 Å². The molecule has 3 rings (SSSR count). The van der Waals surface area contributed by atoms with Crippen molar-refractivity contribution in [2.45, 2.75) is 45.4 Å². The number of halogens is 1. The Morgan fingerprint density at radius 1 is 1.33 bits per heavy atom. The van der Waals surface area contributed by atoms with Crippen LogP contribution in [0, 0.1) is 5.92 Å². The van der Waals surface area contributed by atoms with Gasteiger partial charge in [-0.15, -0.1) is 0 Å². The highest BCUT2D eigenvalue weighted by molar-refractivity contribution is 6.32. The Kier molecular flexibility index (Phi) is 8.49. The molecule has 9 nitrogen and oxygen atoms in total.